The van der Waals surface area contributed by atoms with Gasteiger partial charge in [0.25, 0.3) is 5.91 Å². The van der Waals surface area contributed by atoms with Crippen molar-refractivity contribution in [1.82, 2.24) is 0 Å². The highest BCUT2D eigenvalue weighted by atomic mass is 16.3. The SMILES string of the molecule is CC(C)CCC1=NC(=O)C=C1O. The van der Waals surface area contributed by atoms with Crippen molar-refractivity contribution in [3.63, 3.8) is 0 Å². The van der Waals surface area contributed by atoms with Gasteiger partial charge in [-0.25, -0.2) is 4.99 Å². The van der Waals surface area contributed by atoms with Crippen LogP contribution in [0.2, 0.25) is 0 Å². The number of hydrogen-bond acceptors (Lipinski definition) is 2. The molecule has 0 aromatic rings. The predicted octanol–water partition coefficient (Wildman–Crippen LogP) is 1.85. The number of allylic oxidation sites excluding steroid dienone is 1. The molecule has 12 heavy (non-hydrogen) atoms. The molecule has 1 amide bonds. The first-order valence-electron chi connectivity index (χ1n) is 4.12. The summed E-state index contributed by atoms with van der Waals surface area (Å²) in [5.41, 5.74) is 0.536. The summed E-state index contributed by atoms with van der Waals surface area (Å²) in [6, 6.07) is 0. The van der Waals surface area contributed by atoms with E-state index in [1.165, 1.54) is 0 Å². The Morgan fingerprint density at radius 1 is 1.58 bits per heavy atom. The van der Waals surface area contributed by atoms with Crippen LogP contribution in [-0.2, 0) is 4.79 Å². The van der Waals surface area contributed by atoms with Crippen molar-refractivity contribution in [2.24, 2.45) is 10.9 Å². The number of hydrogen-bond donors (Lipinski definition) is 1. The maximum Gasteiger partial charge on any atom is 0.273 e. The molecule has 0 unspecified atom stereocenters. The van der Waals surface area contributed by atoms with Crippen LogP contribution in [0.1, 0.15) is 26.7 Å². The largest absolute Gasteiger partial charge is 0.506 e. The summed E-state index contributed by atoms with van der Waals surface area (Å²) in [7, 11) is 0. The van der Waals surface area contributed by atoms with Gasteiger partial charge >= 0.3 is 0 Å². The Morgan fingerprint density at radius 2 is 2.25 bits per heavy atom. The van der Waals surface area contributed by atoms with Crippen molar-refractivity contribution < 1.29 is 9.90 Å². The van der Waals surface area contributed by atoms with E-state index in [9.17, 15) is 9.90 Å². The minimum Gasteiger partial charge on any atom is -0.506 e. The van der Waals surface area contributed by atoms with E-state index in [1.54, 1.807) is 0 Å². The minimum absolute atomic E-state index is 0.0423. The van der Waals surface area contributed by atoms with E-state index in [4.69, 9.17) is 0 Å². The fourth-order valence-corrected chi connectivity index (χ4v) is 1.03. The third-order valence-electron chi connectivity index (χ3n) is 1.76. The van der Waals surface area contributed by atoms with Crippen molar-refractivity contribution in [2.45, 2.75) is 26.7 Å². The number of carbonyl (C=O) groups excluding carboxylic acids is 1. The number of aliphatic imine (C=N–C) groups is 1. The zero-order valence-electron chi connectivity index (χ0n) is 7.37. The van der Waals surface area contributed by atoms with Gasteiger partial charge in [-0.1, -0.05) is 13.8 Å². The van der Waals surface area contributed by atoms with Crippen LogP contribution in [0.15, 0.2) is 16.8 Å². The fourth-order valence-electron chi connectivity index (χ4n) is 1.03. The Bertz CT molecular complexity index is 251. The number of aliphatic hydroxyl groups excluding tert-OH is 1. The smallest absolute Gasteiger partial charge is 0.273 e. The van der Waals surface area contributed by atoms with Crippen molar-refractivity contribution in [3.8, 4) is 0 Å². The van der Waals surface area contributed by atoms with Crippen LogP contribution in [0, 0.1) is 5.92 Å². The summed E-state index contributed by atoms with van der Waals surface area (Å²) in [5, 5.41) is 9.18. The van der Waals surface area contributed by atoms with Crippen molar-refractivity contribution in [2.75, 3.05) is 0 Å². The summed E-state index contributed by atoms with van der Waals surface area (Å²) >= 11 is 0. The second-order valence-electron chi connectivity index (χ2n) is 3.36. The molecule has 0 spiro atoms. The molecule has 0 radical (unpaired) electrons. The summed E-state index contributed by atoms with van der Waals surface area (Å²) in [5.74, 6) is 0.267. The molecule has 3 heteroatoms. The molecule has 0 bridgehead atoms. The van der Waals surface area contributed by atoms with Gasteiger partial charge in [0.15, 0.2) is 0 Å². The molecule has 1 aliphatic rings. The highest BCUT2D eigenvalue weighted by Crippen LogP contribution is 2.12. The summed E-state index contributed by atoms with van der Waals surface area (Å²) in [4.78, 5) is 14.4. The quantitative estimate of drug-likeness (QED) is 0.697. The van der Waals surface area contributed by atoms with E-state index < -0.39 is 0 Å². The average Bonchev–Trinajstić information content (AvgIpc) is 2.26. The van der Waals surface area contributed by atoms with Gasteiger partial charge in [0.05, 0.1) is 5.71 Å². The number of amides is 1. The van der Waals surface area contributed by atoms with Gasteiger partial charge in [0.1, 0.15) is 5.76 Å². The van der Waals surface area contributed by atoms with Crippen LogP contribution >= 0.6 is 0 Å². The standard InChI is InChI=1S/C9H13NO2/c1-6(2)3-4-7-8(11)5-9(12)10-7/h5-6,11H,3-4H2,1-2H3. The molecular weight excluding hydrogens is 154 g/mol. The number of rotatable bonds is 3. The number of aliphatic hydroxyl groups is 1. The second-order valence-corrected chi connectivity index (χ2v) is 3.36. The van der Waals surface area contributed by atoms with E-state index in [-0.39, 0.29) is 11.7 Å². The van der Waals surface area contributed by atoms with Crippen molar-refractivity contribution in [1.29, 1.82) is 0 Å². The van der Waals surface area contributed by atoms with Gasteiger partial charge in [0.2, 0.25) is 0 Å². The lowest BCUT2D eigenvalue weighted by Crippen LogP contribution is -2.01. The van der Waals surface area contributed by atoms with Crippen LogP contribution in [0.25, 0.3) is 0 Å². The second kappa shape index (κ2) is 3.52. The molecule has 3 nitrogen and oxygen atoms in total. The van der Waals surface area contributed by atoms with Gasteiger partial charge < -0.3 is 5.11 Å². The van der Waals surface area contributed by atoms with E-state index >= 15 is 0 Å². The number of carbonyl (C=O) groups is 1. The average molecular weight is 167 g/mol. The highest BCUT2D eigenvalue weighted by molar-refractivity contribution is 6.15. The zero-order valence-corrected chi connectivity index (χ0v) is 7.37. The lowest BCUT2D eigenvalue weighted by atomic mass is 10.1. The molecule has 0 aliphatic carbocycles. The number of nitrogens with zero attached hydrogens (tertiary/aromatic N) is 1. The molecule has 0 saturated heterocycles. The lowest BCUT2D eigenvalue weighted by Gasteiger charge is -2.03. The maximum atomic E-state index is 10.7. The fraction of sp³-hybridized carbons (Fsp3) is 0.556. The minimum atomic E-state index is -0.341. The first-order valence-corrected chi connectivity index (χ1v) is 4.12. The highest BCUT2D eigenvalue weighted by Gasteiger charge is 2.15. The molecule has 1 aliphatic heterocycles. The normalized spacial score (nSPS) is 16.8. The molecule has 0 saturated carbocycles. The monoisotopic (exact) mass is 167 g/mol. The van der Waals surface area contributed by atoms with Gasteiger partial charge in [-0.05, 0) is 18.8 Å². The molecule has 0 aromatic carbocycles. The topological polar surface area (TPSA) is 49.7 Å². The Kier molecular flexibility index (Phi) is 2.63. The van der Waals surface area contributed by atoms with E-state index in [1.807, 2.05) is 0 Å². The molecule has 0 fully saturated rings. The molecular formula is C9H13NO2. The summed E-state index contributed by atoms with van der Waals surface area (Å²) in [6.45, 7) is 4.19. The third kappa shape index (κ3) is 2.19. The Morgan fingerprint density at radius 3 is 2.67 bits per heavy atom. The van der Waals surface area contributed by atoms with Crippen LogP contribution < -0.4 is 0 Å². The van der Waals surface area contributed by atoms with Crippen LogP contribution in [-0.4, -0.2) is 16.7 Å². The summed E-state index contributed by atoms with van der Waals surface area (Å²) in [6.07, 6.45) is 2.80. The summed E-state index contributed by atoms with van der Waals surface area (Å²) < 4.78 is 0. The molecule has 1 rings (SSSR count). The zero-order chi connectivity index (χ0) is 9.14. The van der Waals surface area contributed by atoms with E-state index in [2.05, 4.69) is 18.8 Å². The lowest BCUT2D eigenvalue weighted by molar-refractivity contribution is -0.113. The molecule has 0 atom stereocenters. The van der Waals surface area contributed by atoms with Gasteiger partial charge in [-0.15, -0.1) is 0 Å². The van der Waals surface area contributed by atoms with Crippen molar-refractivity contribution >= 4 is 11.6 Å². The van der Waals surface area contributed by atoms with Crippen LogP contribution in [0.3, 0.4) is 0 Å². The Hall–Kier alpha value is -1.12. The molecule has 0 aromatic heterocycles. The Balaban J connectivity index is 2.49. The van der Waals surface area contributed by atoms with Gasteiger partial charge in [-0.2, -0.15) is 0 Å². The van der Waals surface area contributed by atoms with Crippen LogP contribution in [0.5, 0.6) is 0 Å². The Labute approximate surface area is 71.8 Å². The molecule has 66 valence electrons. The first kappa shape index (κ1) is 8.97. The van der Waals surface area contributed by atoms with Crippen molar-refractivity contribution in [3.05, 3.63) is 11.8 Å². The first-order chi connectivity index (χ1) is 5.59. The van der Waals surface area contributed by atoms with Gasteiger partial charge in [0, 0.05) is 6.08 Å². The third-order valence-corrected chi connectivity index (χ3v) is 1.76. The van der Waals surface area contributed by atoms with E-state index in [0.717, 1.165) is 12.5 Å². The maximum absolute atomic E-state index is 10.7. The van der Waals surface area contributed by atoms with Gasteiger partial charge in [-0.3, -0.25) is 4.79 Å². The predicted molar refractivity (Wildman–Crippen MR) is 47.2 cm³/mol. The molecule has 1 heterocycles. The van der Waals surface area contributed by atoms with E-state index in [0.29, 0.717) is 18.1 Å². The molecule has 1 N–H and O–H groups in total. The van der Waals surface area contributed by atoms with Crippen LogP contribution in [0.4, 0.5) is 0 Å².